The molecule has 148 valence electrons. The van der Waals surface area contributed by atoms with Gasteiger partial charge in [0, 0.05) is 17.8 Å². The molecule has 0 saturated heterocycles. The van der Waals surface area contributed by atoms with Gasteiger partial charge in [0.2, 0.25) is 11.7 Å². The Kier molecular flexibility index (Phi) is 7.94. The number of thiophene rings is 1. The van der Waals surface area contributed by atoms with Crippen molar-refractivity contribution in [3.8, 4) is 17.2 Å². The molecule has 0 aliphatic rings. The van der Waals surface area contributed by atoms with Gasteiger partial charge < -0.3 is 24.4 Å². The van der Waals surface area contributed by atoms with Crippen molar-refractivity contribution in [2.45, 2.75) is 18.9 Å². The van der Waals surface area contributed by atoms with E-state index in [0.29, 0.717) is 36.6 Å². The molecule has 0 radical (unpaired) electrons. The first-order valence-corrected chi connectivity index (χ1v) is 9.63. The number of amides is 1. The third-order valence-electron chi connectivity index (χ3n) is 4.35. The summed E-state index contributed by atoms with van der Waals surface area (Å²) in [6.07, 6.45) is 0.984. The Morgan fingerprint density at radius 2 is 1.81 bits per heavy atom. The summed E-state index contributed by atoms with van der Waals surface area (Å²) in [5.41, 5.74) is 0.960. The van der Waals surface area contributed by atoms with Crippen LogP contribution in [0.25, 0.3) is 0 Å². The van der Waals surface area contributed by atoms with Crippen LogP contribution in [0.1, 0.15) is 22.9 Å². The van der Waals surface area contributed by atoms with Gasteiger partial charge in [-0.2, -0.15) is 0 Å². The minimum atomic E-state index is 0.0205. The minimum absolute atomic E-state index is 0.0205. The van der Waals surface area contributed by atoms with Gasteiger partial charge in [-0.3, -0.25) is 4.79 Å². The lowest BCUT2D eigenvalue weighted by atomic mass is 10.1. The number of hydrogen-bond acceptors (Lipinski definition) is 6. The number of likely N-dealkylation sites (N-methyl/N-ethyl adjacent to an activating group) is 1. The Hall–Kier alpha value is -2.25. The summed E-state index contributed by atoms with van der Waals surface area (Å²) in [4.78, 5) is 15.7. The van der Waals surface area contributed by atoms with E-state index in [2.05, 4.69) is 21.7 Å². The second-order valence-electron chi connectivity index (χ2n) is 6.33. The summed E-state index contributed by atoms with van der Waals surface area (Å²) in [5.74, 6) is 1.76. The summed E-state index contributed by atoms with van der Waals surface area (Å²) < 4.78 is 16.1. The van der Waals surface area contributed by atoms with E-state index in [1.54, 1.807) is 32.7 Å². The van der Waals surface area contributed by atoms with E-state index in [1.165, 1.54) is 4.88 Å². The summed E-state index contributed by atoms with van der Waals surface area (Å²) >= 11 is 1.70. The van der Waals surface area contributed by atoms with Gasteiger partial charge in [0.05, 0.1) is 27.4 Å². The molecule has 1 N–H and O–H groups in total. The van der Waals surface area contributed by atoms with Crippen molar-refractivity contribution < 1.29 is 19.0 Å². The van der Waals surface area contributed by atoms with Crippen LogP contribution in [0, 0.1) is 0 Å². The third kappa shape index (κ3) is 5.61. The van der Waals surface area contributed by atoms with E-state index in [0.717, 1.165) is 5.56 Å². The molecule has 2 aromatic rings. The van der Waals surface area contributed by atoms with Crippen LogP contribution < -0.4 is 19.5 Å². The zero-order valence-corrected chi connectivity index (χ0v) is 17.4. The molecule has 6 nitrogen and oxygen atoms in total. The van der Waals surface area contributed by atoms with Crippen molar-refractivity contribution in [3.05, 3.63) is 40.1 Å². The van der Waals surface area contributed by atoms with E-state index >= 15 is 0 Å². The average molecular weight is 393 g/mol. The molecule has 27 heavy (non-hydrogen) atoms. The average Bonchev–Trinajstić information content (AvgIpc) is 3.19. The second kappa shape index (κ2) is 10.2. The monoisotopic (exact) mass is 392 g/mol. The fraction of sp³-hybridized carbons (Fsp3) is 0.450. The summed E-state index contributed by atoms with van der Waals surface area (Å²) in [7, 11) is 8.78. The van der Waals surface area contributed by atoms with Crippen LogP contribution in [0.2, 0.25) is 0 Å². The normalized spacial score (nSPS) is 11.9. The highest BCUT2D eigenvalue weighted by Crippen LogP contribution is 2.38. The van der Waals surface area contributed by atoms with Crippen molar-refractivity contribution in [1.82, 2.24) is 10.2 Å². The van der Waals surface area contributed by atoms with E-state index in [1.807, 2.05) is 32.3 Å². The van der Waals surface area contributed by atoms with Crippen LogP contribution in [-0.4, -0.2) is 52.8 Å². The number of carbonyl (C=O) groups excluding carboxylic acids is 1. The summed E-state index contributed by atoms with van der Waals surface area (Å²) in [5, 5.41) is 5.09. The second-order valence-corrected chi connectivity index (χ2v) is 7.31. The van der Waals surface area contributed by atoms with Crippen molar-refractivity contribution in [3.63, 3.8) is 0 Å². The predicted molar refractivity (Wildman–Crippen MR) is 108 cm³/mol. The highest BCUT2D eigenvalue weighted by atomic mass is 32.1. The number of methoxy groups -OCH3 is 3. The fourth-order valence-corrected chi connectivity index (χ4v) is 3.78. The van der Waals surface area contributed by atoms with Gasteiger partial charge in [0.25, 0.3) is 0 Å². The molecule has 0 fully saturated rings. The summed E-state index contributed by atoms with van der Waals surface area (Å²) in [6.45, 7) is 0.585. The van der Waals surface area contributed by atoms with Gasteiger partial charge in [-0.1, -0.05) is 6.07 Å². The summed E-state index contributed by atoms with van der Waals surface area (Å²) in [6, 6.07) is 8.06. The lowest BCUT2D eigenvalue weighted by molar-refractivity contribution is -0.121. The third-order valence-corrected chi connectivity index (χ3v) is 5.33. The van der Waals surface area contributed by atoms with Gasteiger partial charge in [-0.25, -0.2) is 0 Å². The van der Waals surface area contributed by atoms with Crippen molar-refractivity contribution in [2.75, 3.05) is 42.0 Å². The molecule has 7 heteroatoms. The Morgan fingerprint density at radius 3 is 2.30 bits per heavy atom. The molecule has 1 heterocycles. The molecule has 0 aliphatic carbocycles. The van der Waals surface area contributed by atoms with E-state index in [-0.39, 0.29) is 11.9 Å². The quantitative estimate of drug-likeness (QED) is 0.673. The topological polar surface area (TPSA) is 60.0 Å². The number of rotatable bonds is 10. The van der Waals surface area contributed by atoms with Crippen LogP contribution in [0.4, 0.5) is 0 Å². The number of benzene rings is 1. The largest absolute Gasteiger partial charge is 0.493 e. The highest BCUT2D eigenvalue weighted by Gasteiger charge is 2.17. The lowest BCUT2D eigenvalue weighted by Gasteiger charge is -2.23. The molecule has 0 spiro atoms. The van der Waals surface area contributed by atoms with Crippen LogP contribution >= 0.6 is 11.3 Å². The number of nitrogens with zero attached hydrogens (tertiary/aromatic N) is 1. The fourth-order valence-electron chi connectivity index (χ4n) is 2.86. The van der Waals surface area contributed by atoms with Crippen molar-refractivity contribution >= 4 is 17.2 Å². The van der Waals surface area contributed by atoms with Crippen LogP contribution in [-0.2, 0) is 11.2 Å². The van der Waals surface area contributed by atoms with Gasteiger partial charge in [0.1, 0.15) is 0 Å². The Morgan fingerprint density at radius 1 is 1.15 bits per heavy atom. The Bertz CT molecular complexity index is 707. The first-order chi connectivity index (χ1) is 13.0. The smallest absolute Gasteiger partial charge is 0.220 e. The molecular weight excluding hydrogens is 364 g/mol. The zero-order valence-electron chi connectivity index (χ0n) is 16.6. The molecule has 1 aromatic heterocycles. The Labute approximate surface area is 165 Å². The zero-order chi connectivity index (χ0) is 19.8. The first-order valence-electron chi connectivity index (χ1n) is 8.75. The molecule has 1 unspecified atom stereocenters. The molecule has 0 saturated carbocycles. The van der Waals surface area contributed by atoms with Crippen LogP contribution in [0.5, 0.6) is 17.2 Å². The highest BCUT2D eigenvalue weighted by molar-refractivity contribution is 7.10. The van der Waals surface area contributed by atoms with Crippen LogP contribution in [0.3, 0.4) is 0 Å². The molecule has 1 aromatic carbocycles. The molecular formula is C20H28N2O4S. The number of hydrogen-bond donors (Lipinski definition) is 1. The van der Waals surface area contributed by atoms with E-state index < -0.39 is 0 Å². The molecule has 1 atom stereocenters. The SMILES string of the molecule is COc1cc(CCC(=O)NCC(c2cccs2)N(C)C)cc(OC)c1OC. The van der Waals surface area contributed by atoms with E-state index in [4.69, 9.17) is 14.2 Å². The molecule has 1 amide bonds. The van der Waals surface area contributed by atoms with E-state index in [9.17, 15) is 4.79 Å². The molecule has 0 aliphatic heterocycles. The maximum absolute atomic E-state index is 12.3. The van der Waals surface area contributed by atoms with Gasteiger partial charge in [-0.05, 0) is 49.7 Å². The van der Waals surface area contributed by atoms with Crippen LogP contribution in [0.15, 0.2) is 29.6 Å². The van der Waals surface area contributed by atoms with Gasteiger partial charge in [0.15, 0.2) is 11.5 Å². The number of ether oxygens (including phenoxy) is 3. The van der Waals surface area contributed by atoms with Gasteiger partial charge in [-0.15, -0.1) is 11.3 Å². The van der Waals surface area contributed by atoms with Gasteiger partial charge >= 0.3 is 0 Å². The predicted octanol–water partition coefficient (Wildman–Crippen LogP) is 3.13. The maximum atomic E-state index is 12.3. The Balaban J connectivity index is 1.95. The number of aryl methyl sites for hydroxylation is 1. The first kappa shape index (κ1) is 21.1. The minimum Gasteiger partial charge on any atom is -0.493 e. The van der Waals surface area contributed by atoms with Crippen molar-refractivity contribution in [2.24, 2.45) is 0 Å². The standard InChI is InChI=1S/C20H28N2O4S/c1-22(2)15(18-7-6-10-27-18)13-21-19(23)9-8-14-11-16(24-3)20(26-5)17(12-14)25-4/h6-7,10-12,15H,8-9,13H2,1-5H3,(H,21,23). The molecule has 2 rings (SSSR count). The number of carbonyl (C=O) groups is 1. The van der Waals surface area contributed by atoms with Crippen molar-refractivity contribution in [1.29, 1.82) is 0 Å². The molecule has 0 bridgehead atoms. The lowest BCUT2D eigenvalue weighted by Crippen LogP contribution is -2.34. The number of nitrogens with one attached hydrogen (secondary N) is 1. The maximum Gasteiger partial charge on any atom is 0.220 e.